The maximum Gasteiger partial charge on any atom is 0.336 e. The Labute approximate surface area is 208 Å². The topological polar surface area (TPSA) is 75.1 Å². The summed E-state index contributed by atoms with van der Waals surface area (Å²) < 4.78 is 1.37. The van der Waals surface area contributed by atoms with Crippen LogP contribution in [-0.2, 0) is 6.42 Å². The number of hydrogen-bond donors (Lipinski definition) is 2. The van der Waals surface area contributed by atoms with Crippen LogP contribution in [0.3, 0.4) is 0 Å². The number of aromatic carboxylic acids is 1. The van der Waals surface area contributed by atoms with Gasteiger partial charge in [0.05, 0.1) is 11.3 Å². The minimum absolute atomic E-state index is 0.329. The van der Waals surface area contributed by atoms with Gasteiger partial charge < -0.3 is 10.4 Å². The van der Waals surface area contributed by atoms with Crippen LogP contribution in [0.25, 0.3) is 21.3 Å². The predicted molar refractivity (Wildman–Crippen MR) is 143 cm³/mol. The van der Waals surface area contributed by atoms with Gasteiger partial charge in [0.25, 0.3) is 0 Å². The van der Waals surface area contributed by atoms with Crippen molar-refractivity contribution in [1.82, 2.24) is 9.97 Å². The molecule has 0 radical (unpaired) electrons. The number of nitrogens with zero attached hydrogens (tertiary/aromatic N) is 2. The summed E-state index contributed by atoms with van der Waals surface area (Å²) in [6, 6.07) is 13.8. The summed E-state index contributed by atoms with van der Waals surface area (Å²) >= 11 is 3.44. The van der Waals surface area contributed by atoms with Crippen molar-refractivity contribution in [2.45, 2.75) is 39.0 Å². The Hall–Kier alpha value is -2.90. The first kappa shape index (κ1) is 24.2. The van der Waals surface area contributed by atoms with E-state index in [0.717, 1.165) is 40.7 Å². The van der Waals surface area contributed by atoms with E-state index >= 15 is 0 Å². The van der Waals surface area contributed by atoms with E-state index in [9.17, 15) is 9.90 Å². The van der Waals surface area contributed by atoms with Crippen molar-refractivity contribution < 1.29 is 9.90 Å². The normalized spacial score (nSPS) is 11.3. The molecule has 5 nitrogen and oxygen atoms in total. The summed E-state index contributed by atoms with van der Waals surface area (Å²) in [7, 11) is 0. The third-order valence-corrected chi connectivity index (χ3v) is 8.43. The number of aromatic nitrogens is 2. The molecule has 2 heterocycles. The predicted octanol–water partition coefficient (Wildman–Crippen LogP) is 7.08. The molecular weight excluding hydrogens is 462 g/mol. The monoisotopic (exact) mass is 491 g/mol. The maximum absolute atomic E-state index is 11.7. The van der Waals surface area contributed by atoms with Gasteiger partial charge >= 0.3 is 5.97 Å². The number of aryl methyl sites for hydroxylation is 2. The van der Waals surface area contributed by atoms with Gasteiger partial charge in [-0.25, -0.2) is 14.8 Å². The highest BCUT2D eigenvalue weighted by Gasteiger charge is 2.14. The van der Waals surface area contributed by atoms with E-state index in [1.54, 1.807) is 24.2 Å². The Balaban J connectivity index is 1.50. The van der Waals surface area contributed by atoms with Crippen molar-refractivity contribution in [3.05, 3.63) is 70.4 Å². The van der Waals surface area contributed by atoms with E-state index < -0.39 is 5.97 Å². The summed E-state index contributed by atoms with van der Waals surface area (Å²) in [4.78, 5) is 22.6. The fourth-order valence-corrected chi connectivity index (χ4v) is 6.11. The van der Waals surface area contributed by atoms with Crippen molar-refractivity contribution in [2.24, 2.45) is 5.92 Å². The summed E-state index contributed by atoms with van der Waals surface area (Å²) in [5.41, 5.74) is 4.70. The van der Waals surface area contributed by atoms with Crippen LogP contribution in [-0.4, -0.2) is 33.3 Å². The van der Waals surface area contributed by atoms with Crippen LogP contribution in [0.1, 0.15) is 40.2 Å². The van der Waals surface area contributed by atoms with Crippen molar-refractivity contribution in [3.63, 3.8) is 0 Å². The van der Waals surface area contributed by atoms with E-state index in [2.05, 4.69) is 61.2 Å². The van der Waals surface area contributed by atoms with Gasteiger partial charge in [-0.2, -0.15) is 0 Å². The molecule has 0 spiro atoms. The number of thiophene rings is 1. The van der Waals surface area contributed by atoms with E-state index in [-0.39, 0.29) is 0 Å². The number of carboxylic acid groups (broad SMARTS) is 1. The average molecular weight is 492 g/mol. The molecule has 0 saturated heterocycles. The van der Waals surface area contributed by atoms with E-state index in [0.29, 0.717) is 11.5 Å². The molecule has 0 amide bonds. The largest absolute Gasteiger partial charge is 0.478 e. The first-order chi connectivity index (χ1) is 16.3. The lowest BCUT2D eigenvalue weighted by Crippen LogP contribution is -2.07. The van der Waals surface area contributed by atoms with Gasteiger partial charge in [0.1, 0.15) is 12.1 Å². The fourth-order valence-electron chi connectivity index (χ4n) is 3.90. The third kappa shape index (κ3) is 5.42. The number of thioether (sulfide) groups is 1. The number of fused-ring (bicyclic) bond motifs is 1. The summed E-state index contributed by atoms with van der Waals surface area (Å²) in [6.45, 7) is 9.38. The van der Waals surface area contributed by atoms with E-state index in [1.165, 1.54) is 26.1 Å². The molecule has 0 fully saturated rings. The van der Waals surface area contributed by atoms with Gasteiger partial charge in [0.15, 0.2) is 0 Å². The minimum Gasteiger partial charge on any atom is -0.478 e. The second-order valence-corrected chi connectivity index (χ2v) is 11.1. The van der Waals surface area contributed by atoms with Gasteiger partial charge in [-0.1, -0.05) is 38.1 Å². The van der Waals surface area contributed by atoms with Gasteiger partial charge in [0, 0.05) is 38.4 Å². The zero-order valence-electron chi connectivity index (χ0n) is 19.9. The Kier molecular flexibility index (Phi) is 7.54. The van der Waals surface area contributed by atoms with Crippen LogP contribution in [0.4, 0.5) is 5.82 Å². The molecule has 7 heteroatoms. The number of carbonyl (C=O) groups is 1. The molecule has 2 N–H and O–H groups in total. The highest BCUT2D eigenvalue weighted by Crippen LogP contribution is 2.33. The fraction of sp³-hybridized carbons (Fsp3) is 0.296. The number of nitrogens with one attached hydrogen (secondary N) is 1. The first-order valence-corrected chi connectivity index (χ1v) is 13.2. The lowest BCUT2D eigenvalue weighted by Gasteiger charge is -2.11. The van der Waals surface area contributed by atoms with Crippen LogP contribution >= 0.6 is 23.1 Å². The maximum atomic E-state index is 11.7. The molecule has 0 aliphatic carbocycles. The second kappa shape index (κ2) is 10.6. The van der Waals surface area contributed by atoms with Gasteiger partial charge in [-0.3, -0.25) is 0 Å². The van der Waals surface area contributed by atoms with E-state index in [4.69, 9.17) is 0 Å². The third-order valence-electron chi connectivity index (χ3n) is 5.65. The summed E-state index contributed by atoms with van der Waals surface area (Å²) in [6.07, 6.45) is 2.47. The van der Waals surface area contributed by atoms with Crippen molar-refractivity contribution in [1.29, 1.82) is 0 Å². The van der Waals surface area contributed by atoms with Crippen LogP contribution in [0.2, 0.25) is 0 Å². The summed E-state index contributed by atoms with van der Waals surface area (Å²) in [5, 5.41) is 14.3. The Morgan fingerprint density at radius 2 is 1.97 bits per heavy atom. The number of benzene rings is 2. The standard InChI is InChI=1S/C27H29N3O2S2/c1-16(2)14-33-24-12-19(8-9-22(24)27(31)32)23-13-25(30-15-29-23)28-11-10-20-18(4)34-26-17(3)6-5-7-21(20)26/h5-9,12-13,15-16H,10-11,14H2,1-4H3,(H,31,32)(H,28,29,30). The second-order valence-electron chi connectivity index (χ2n) is 8.77. The van der Waals surface area contributed by atoms with Crippen molar-refractivity contribution in [3.8, 4) is 11.3 Å². The summed E-state index contributed by atoms with van der Waals surface area (Å²) in [5.74, 6) is 1.18. The van der Waals surface area contributed by atoms with Crippen molar-refractivity contribution >= 4 is 45.0 Å². The smallest absolute Gasteiger partial charge is 0.336 e. The molecule has 0 unspecified atom stereocenters. The number of hydrogen-bond acceptors (Lipinski definition) is 6. The molecular formula is C27H29N3O2S2. The molecule has 34 heavy (non-hydrogen) atoms. The Morgan fingerprint density at radius 1 is 1.15 bits per heavy atom. The highest BCUT2D eigenvalue weighted by molar-refractivity contribution is 7.99. The van der Waals surface area contributed by atoms with Gasteiger partial charge in [-0.05, 0) is 54.8 Å². The molecule has 176 valence electrons. The molecule has 0 saturated carbocycles. The molecule has 2 aromatic heterocycles. The number of anilines is 1. The van der Waals surface area contributed by atoms with E-state index in [1.807, 2.05) is 29.5 Å². The SMILES string of the molecule is Cc1sc2c(C)cccc2c1CCNc1cc(-c2ccc(C(=O)O)c(SCC(C)C)c2)ncn1. The number of carboxylic acids is 1. The number of rotatable bonds is 9. The Bertz CT molecular complexity index is 1330. The molecule has 2 aromatic carbocycles. The molecule has 0 atom stereocenters. The Morgan fingerprint density at radius 3 is 2.74 bits per heavy atom. The molecule has 0 bridgehead atoms. The highest BCUT2D eigenvalue weighted by atomic mass is 32.2. The zero-order chi connectivity index (χ0) is 24.2. The van der Waals surface area contributed by atoms with Crippen molar-refractivity contribution in [2.75, 3.05) is 17.6 Å². The molecule has 0 aliphatic heterocycles. The van der Waals surface area contributed by atoms with Crippen LogP contribution in [0.15, 0.2) is 53.7 Å². The van der Waals surface area contributed by atoms with Crippen LogP contribution in [0.5, 0.6) is 0 Å². The first-order valence-electron chi connectivity index (χ1n) is 11.4. The zero-order valence-corrected chi connectivity index (χ0v) is 21.5. The molecule has 0 aliphatic rings. The lowest BCUT2D eigenvalue weighted by molar-refractivity contribution is 0.0693. The molecule has 4 aromatic rings. The quantitative estimate of drug-likeness (QED) is 0.244. The minimum atomic E-state index is -0.908. The average Bonchev–Trinajstić information content (AvgIpc) is 3.14. The van der Waals surface area contributed by atoms with Gasteiger partial charge in [0.2, 0.25) is 0 Å². The van der Waals surface area contributed by atoms with Gasteiger partial charge in [-0.15, -0.1) is 23.1 Å². The van der Waals surface area contributed by atoms with Crippen LogP contribution < -0.4 is 5.32 Å². The molecule has 4 rings (SSSR count). The lowest BCUT2D eigenvalue weighted by atomic mass is 10.1. The van der Waals surface area contributed by atoms with Crippen LogP contribution in [0, 0.1) is 19.8 Å².